The predicted molar refractivity (Wildman–Crippen MR) is 52.7 cm³/mol. The van der Waals surface area contributed by atoms with Gasteiger partial charge in [-0.1, -0.05) is 6.92 Å². The van der Waals surface area contributed by atoms with E-state index in [1.165, 1.54) is 11.3 Å². The van der Waals surface area contributed by atoms with Crippen molar-refractivity contribution in [3.05, 3.63) is 16.6 Å². The number of amides is 1. The molecule has 0 bridgehead atoms. The Balaban J connectivity index is 2.50. The molecule has 3 N–H and O–H groups in total. The lowest BCUT2D eigenvalue weighted by atomic mass is 10.2. The zero-order valence-electron chi connectivity index (χ0n) is 7.49. The fourth-order valence-corrected chi connectivity index (χ4v) is 1.44. The molecule has 0 aliphatic rings. The normalized spacial score (nSPS) is 12.5. The number of rotatable bonds is 4. The number of thiazole rings is 1. The molecule has 0 aliphatic heterocycles. The van der Waals surface area contributed by atoms with Gasteiger partial charge in [0.2, 0.25) is 0 Å². The molecule has 1 atom stereocenters. The molecule has 0 saturated carbocycles. The summed E-state index contributed by atoms with van der Waals surface area (Å²) < 4.78 is 0. The van der Waals surface area contributed by atoms with Gasteiger partial charge in [-0.3, -0.25) is 9.78 Å². The van der Waals surface area contributed by atoms with Gasteiger partial charge in [-0.15, -0.1) is 11.3 Å². The fourth-order valence-electron chi connectivity index (χ4n) is 0.912. The molecule has 1 unspecified atom stereocenters. The highest BCUT2D eigenvalue weighted by molar-refractivity contribution is 7.11. The molecule has 1 amide bonds. The predicted octanol–water partition coefficient (Wildman–Crippen LogP) is 0.610. The van der Waals surface area contributed by atoms with E-state index < -0.39 is 0 Å². The first-order valence-corrected chi connectivity index (χ1v) is 5.05. The highest BCUT2D eigenvalue weighted by Gasteiger charge is 2.11. The van der Waals surface area contributed by atoms with Gasteiger partial charge in [-0.05, 0) is 6.42 Å². The Morgan fingerprint density at radius 1 is 1.85 bits per heavy atom. The molecule has 72 valence electrons. The number of nitrogens with two attached hydrogens (primary N) is 1. The Morgan fingerprint density at radius 2 is 2.62 bits per heavy atom. The Morgan fingerprint density at radius 3 is 3.08 bits per heavy atom. The van der Waals surface area contributed by atoms with E-state index >= 15 is 0 Å². The number of aromatic nitrogens is 1. The molecule has 0 aromatic carbocycles. The monoisotopic (exact) mass is 199 g/mol. The van der Waals surface area contributed by atoms with Gasteiger partial charge in [-0.25, -0.2) is 0 Å². The largest absolute Gasteiger partial charge is 0.347 e. The summed E-state index contributed by atoms with van der Waals surface area (Å²) in [5.74, 6) is -0.0835. The van der Waals surface area contributed by atoms with E-state index in [4.69, 9.17) is 5.73 Å². The Bertz CT molecular complexity index is 256. The third-order valence-corrected chi connectivity index (χ3v) is 2.54. The van der Waals surface area contributed by atoms with Gasteiger partial charge in [0.15, 0.2) is 0 Å². The lowest BCUT2D eigenvalue weighted by molar-refractivity contribution is 0.0941. The molecule has 0 saturated heterocycles. The van der Waals surface area contributed by atoms with Crippen LogP contribution in [0.3, 0.4) is 0 Å². The van der Waals surface area contributed by atoms with Crippen LogP contribution in [0.1, 0.15) is 23.0 Å². The fraction of sp³-hybridized carbons (Fsp3) is 0.500. The minimum absolute atomic E-state index is 0.0644. The Labute approximate surface area is 81.2 Å². The topological polar surface area (TPSA) is 68.0 Å². The van der Waals surface area contributed by atoms with Crippen LogP contribution in [0.25, 0.3) is 0 Å². The summed E-state index contributed by atoms with van der Waals surface area (Å²) in [5, 5.41) is 2.83. The van der Waals surface area contributed by atoms with Crippen molar-refractivity contribution in [2.75, 3.05) is 6.54 Å². The zero-order valence-corrected chi connectivity index (χ0v) is 8.30. The second-order valence-corrected chi connectivity index (χ2v) is 3.57. The molecule has 4 nitrogen and oxygen atoms in total. The average Bonchev–Trinajstić information content (AvgIpc) is 2.66. The van der Waals surface area contributed by atoms with E-state index in [-0.39, 0.29) is 11.9 Å². The average molecular weight is 199 g/mol. The van der Waals surface area contributed by atoms with Crippen LogP contribution in [-0.2, 0) is 0 Å². The number of nitrogens with zero attached hydrogens (tertiary/aromatic N) is 1. The van der Waals surface area contributed by atoms with Crippen molar-refractivity contribution >= 4 is 17.2 Å². The highest BCUT2D eigenvalue weighted by atomic mass is 32.1. The van der Waals surface area contributed by atoms with Crippen LogP contribution >= 0.6 is 11.3 Å². The summed E-state index contributed by atoms with van der Waals surface area (Å²) in [5.41, 5.74) is 7.10. The van der Waals surface area contributed by atoms with Gasteiger partial charge >= 0.3 is 0 Å². The lowest BCUT2D eigenvalue weighted by Crippen LogP contribution is -2.39. The van der Waals surface area contributed by atoms with E-state index in [9.17, 15) is 4.79 Å². The SMILES string of the molecule is CCC(CN)NC(=O)c1cncs1. The van der Waals surface area contributed by atoms with Gasteiger partial charge in [0.1, 0.15) is 4.88 Å². The molecule has 0 fully saturated rings. The van der Waals surface area contributed by atoms with Crippen molar-refractivity contribution in [1.82, 2.24) is 10.3 Å². The van der Waals surface area contributed by atoms with Crippen molar-refractivity contribution in [2.45, 2.75) is 19.4 Å². The summed E-state index contributed by atoms with van der Waals surface area (Å²) in [4.78, 5) is 15.9. The smallest absolute Gasteiger partial charge is 0.263 e. The van der Waals surface area contributed by atoms with Crippen LogP contribution in [-0.4, -0.2) is 23.5 Å². The quantitative estimate of drug-likeness (QED) is 0.746. The number of carbonyl (C=O) groups excluding carboxylic acids is 1. The van der Waals surface area contributed by atoms with Gasteiger partial charge < -0.3 is 11.1 Å². The summed E-state index contributed by atoms with van der Waals surface area (Å²) >= 11 is 1.33. The van der Waals surface area contributed by atoms with Crippen molar-refractivity contribution in [3.8, 4) is 0 Å². The maximum absolute atomic E-state index is 11.4. The first-order valence-electron chi connectivity index (χ1n) is 4.17. The van der Waals surface area contributed by atoms with E-state index in [1.54, 1.807) is 11.7 Å². The van der Waals surface area contributed by atoms with Crippen LogP contribution in [0.5, 0.6) is 0 Å². The third kappa shape index (κ3) is 2.78. The second kappa shape index (κ2) is 4.94. The minimum atomic E-state index is -0.0835. The standard InChI is InChI=1S/C8H13N3OS/c1-2-6(3-9)11-8(12)7-4-10-5-13-7/h4-6H,2-3,9H2,1H3,(H,11,12). The van der Waals surface area contributed by atoms with Crippen LogP contribution in [0, 0.1) is 0 Å². The Kier molecular flexibility index (Phi) is 3.85. The Hall–Kier alpha value is -0.940. The van der Waals surface area contributed by atoms with Crippen molar-refractivity contribution < 1.29 is 4.79 Å². The van der Waals surface area contributed by atoms with Crippen LogP contribution < -0.4 is 11.1 Å². The van der Waals surface area contributed by atoms with E-state index in [0.717, 1.165) is 6.42 Å². The van der Waals surface area contributed by atoms with E-state index in [1.807, 2.05) is 6.92 Å². The summed E-state index contributed by atoms with van der Waals surface area (Å²) in [7, 11) is 0. The summed E-state index contributed by atoms with van der Waals surface area (Å²) in [6.07, 6.45) is 2.41. The van der Waals surface area contributed by atoms with Crippen LogP contribution in [0.15, 0.2) is 11.7 Å². The number of hydrogen-bond donors (Lipinski definition) is 2. The highest BCUT2D eigenvalue weighted by Crippen LogP contribution is 2.05. The summed E-state index contributed by atoms with van der Waals surface area (Å²) in [6.45, 7) is 2.46. The maximum atomic E-state index is 11.4. The van der Waals surface area contributed by atoms with Gasteiger partial charge in [0.05, 0.1) is 11.7 Å². The van der Waals surface area contributed by atoms with E-state index in [2.05, 4.69) is 10.3 Å². The zero-order chi connectivity index (χ0) is 9.68. The van der Waals surface area contributed by atoms with Crippen molar-refractivity contribution in [3.63, 3.8) is 0 Å². The molecule has 0 spiro atoms. The molecule has 1 heterocycles. The second-order valence-electron chi connectivity index (χ2n) is 2.68. The molecule has 1 rings (SSSR count). The maximum Gasteiger partial charge on any atom is 0.263 e. The molecule has 0 aliphatic carbocycles. The number of carbonyl (C=O) groups is 1. The first kappa shape index (κ1) is 10.1. The molecule has 1 aromatic rings. The van der Waals surface area contributed by atoms with Crippen molar-refractivity contribution in [1.29, 1.82) is 0 Å². The molecule has 1 aromatic heterocycles. The first-order chi connectivity index (χ1) is 6.27. The van der Waals surface area contributed by atoms with Crippen molar-refractivity contribution in [2.24, 2.45) is 5.73 Å². The summed E-state index contributed by atoms with van der Waals surface area (Å²) in [6, 6.07) is 0.0644. The third-order valence-electron chi connectivity index (χ3n) is 1.77. The number of hydrogen-bond acceptors (Lipinski definition) is 4. The van der Waals surface area contributed by atoms with E-state index in [0.29, 0.717) is 11.4 Å². The molecule has 13 heavy (non-hydrogen) atoms. The van der Waals surface area contributed by atoms with Gasteiger partial charge in [0.25, 0.3) is 5.91 Å². The molecule has 0 radical (unpaired) electrons. The van der Waals surface area contributed by atoms with Gasteiger partial charge in [0, 0.05) is 12.6 Å². The molecular weight excluding hydrogens is 186 g/mol. The molecule has 5 heteroatoms. The van der Waals surface area contributed by atoms with Crippen LogP contribution in [0.4, 0.5) is 0 Å². The molecular formula is C8H13N3OS. The number of nitrogens with one attached hydrogen (secondary N) is 1. The van der Waals surface area contributed by atoms with Gasteiger partial charge in [-0.2, -0.15) is 0 Å². The van der Waals surface area contributed by atoms with Crippen LogP contribution in [0.2, 0.25) is 0 Å². The lowest BCUT2D eigenvalue weighted by Gasteiger charge is -2.13. The minimum Gasteiger partial charge on any atom is -0.347 e.